The van der Waals surface area contributed by atoms with Crippen molar-refractivity contribution in [2.45, 2.75) is 45.1 Å². The molecule has 1 saturated heterocycles. The first-order valence-corrected chi connectivity index (χ1v) is 9.96. The Labute approximate surface area is 146 Å². The van der Waals surface area contributed by atoms with Crippen LogP contribution in [0.3, 0.4) is 0 Å². The predicted octanol–water partition coefficient (Wildman–Crippen LogP) is 1.29. The van der Waals surface area contributed by atoms with Crippen molar-refractivity contribution in [1.82, 2.24) is 24.2 Å². The Hall–Kier alpha value is -1.78. The topological polar surface area (TPSA) is 120 Å². The number of nitrogens with two attached hydrogens (primary N) is 1. The van der Waals surface area contributed by atoms with Crippen molar-refractivity contribution in [3.05, 3.63) is 18.1 Å². The molecule has 2 aromatic rings. The SMILES string of the molecule is CC(C)n1nccc1-c1nc([C@@H]2CC23CCN(S(N)(=O)=O)CC3)no1. The van der Waals surface area contributed by atoms with Gasteiger partial charge in [-0.3, -0.25) is 4.68 Å². The first kappa shape index (κ1) is 16.7. The van der Waals surface area contributed by atoms with E-state index >= 15 is 0 Å². The molecule has 1 saturated carbocycles. The first-order valence-electron chi connectivity index (χ1n) is 8.45. The molecule has 0 unspecified atom stereocenters. The summed E-state index contributed by atoms with van der Waals surface area (Å²) in [6.45, 7) is 5.01. The lowest BCUT2D eigenvalue weighted by molar-refractivity contribution is 0.249. The van der Waals surface area contributed by atoms with Crippen molar-refractivity contribution in [2.24, 2.45) is 10.6 Å². The summed E-state index contributed by atoms with van der Waals surface area (Å²) in [5, 5.41) is 13.7. The second-order valence-electron chi connectivity index (χ2n) is 7.28. The second kappa shape index (κ2) is 5.61. The van der Waals surface area contributed by atoms with Gasteiger partial charge in [0, 0.05) is 31.2 Å². The van der Waals surface area contributed by atoms with Gasteiger partial charge in [0.2, 0.25) is 0 Å². The molecule has 1 aliphatic heterocycles. The Bertz CT molecular complexity index is 879. The molecule has 9 nitrogen and oxygen atoms in total. The van der Waals surface area contributed by atoms with E-state index in [1.165, 1.54) is 4.31 Å². The molecule has 25 heavy (non-hydrogen) atoms. The van der Waals surface area contributed by atoms with Crippen LogP contribution in [0.1, 0.15) is 50.9 Å². The zero-order valence-electron chi connectivity index (χ0n) is 14.3. The van der Waals surface area contributed by atoms with E-state index in [0.29, 0.717) is 24.8 Å². The average Bonchev–Trinajstić information content (AvgIpc) is 2.98. The van der Waals surface area contributed by atoms with E-state index in [-0.39, 0.29) is 17.4 Å². The molecule has 2 fully saturated rings. The molecule has 1 spiro atoms. The van der Waals surface area contributed by atoms with Gasteiger partial charge >= 0.3 is 0 Å². The van der Waals surface area contributed by atoms with Crippen LogP contribution >= 0.6 is 0 Å². The molecule has 2 N–H and O–H groups in total. The van der Waals surface area contributed by atoms with E-state index < -0.39 is 10.2 Å². The summed E-state index contributed by atoms with van der Waals surface area (Å²) in [5.74, 6) is 1.41. The van der Waals surface area contributed by atoms with Crippen molar-refractivity contribution < 1.29 is 12.9 Å². The maximum absolute atomic E-state index is 11.4. The summed E-state index contributed by atoms with van der Waals surface area (Å²) in [6.07, 6.45) is 4.25. The molecule has 1 atom stereocenters. The number of hydrogen-bond acceptors (Lipinski definition) is 6. The summed E-state index contributed by atoms with van der Waals surface area (Å²) in [7, 11) is -3.59. The number of hydrogen-bond donors (Lipinski definition) is 1. The summed E-state index contributed by atoms with van der Waals surface area (Å²) >= 11 is 0. The summed E-state index contributed by atoms with van der Waals surface area (Å²) in [4.78, 5) is 4.58. The van der Waals surface area contributed by atoms with Crippen molar-refractivity contribution in [3.8, 4) is 11.6 Å². The highest BCUT2D eigenvalue weighted by Crippen LogP contribution is 2.64. The van der Waals surface area contributed by atoms with Gasteiger partial charge < -0.3 is 4.52 Å². The number of nitrogens with zero attached hydrogens (tertiary/aromatic N) is 5. The van der Waals surface area contributed by atoms with Crippen LogP contribution in [0.5, 0.6) is 0 Å². The first-order chi connectivity index (χ1) is 11.8. The van der Waals surface area contributed by atoms with Gasteiger partial charge in [-0.15, -0.1) is 0 Å². The van der Waals surface area contributed by atoms with Gasteiger partial charge in [0.15, 0.2) is 5.82 Å². The molecule has 4 rings (SSSR count). The van der Waals surface area contributed by atoms with E-state index in [4.69, 9.17) is 9.66 Å². The minimum atomic E-state index is -3.59. The predicted molar refractivity (Wildman–Crippen MR) is 89.6 cm³/mol. The molecule has 0 bridgehead atoms. The normalized spacial score (nSPS) is 23.4. The molecule has 2 aliphatic rings. The van der Waals surface area contributed by atoms with Crippen molar-refractivity contribution in [3.63, 3.8) is 0 Å². The van der Waals surface area contributed by atoms with Crippen LogP contribution in [0.15, 0.2) is 16.8 Å². The average molecular weight is 366 g/mol. The number of piperidine rings is 1. The largest absolute Gasteiger partial charge is 0.332 e. The molecule has 3 heterocycles. The Balaban J connectivity index is 1.49. The van der Waals surface area contributed by atoms with Crippen LogP contribution in [0.2, 0.25) is 0 Å². The lowest BCUT2D eigenvalue weighted by Crippen LogP contribution is -2.43. The fraction of sp³-hybridized carbons (Fsp3) is 0.667. The fourth-order valence-electron chi connectivity index (χ4n) is 3.83. The molecule has 0 aromatic carbocycles. The van der Waals surface area contributed by atoms with Gasteiger partial charge in [0.05, 0.1) is 0 Å². The van der Waals surface area contributed by atoms with Gasteiger partial charge in [-0.05, 0) is 44.6 Å². The van der Waals surface area contributed by atoms with Gasteiger partial charge in [0.25, 0.3) is 16.1 Å². The molecule has 10 heteroatoms. The smallest absolute Gasteiger partial charge is 0.276 e. The highest BCUT2D eigenvalue weighted by atomic mass is 32.2. The molecule has 2 aromatic heterocycles. The maximum atomic E-state index is 11.4. The zero-order chi connectivity index (χ0) is 17.8. The molecular formula is C15H22N6O3S. The third kappa shape index (κ3) is 2.87. The highest BCUT2D eigenvalue weighted by molar-refractivity contribution is 7.86. The van der Waals surface area contributed by atoms with Crippen molar-refractivity contribution in [2.75, 3.05) is 13.1 Å². The lowest BCUT2D eigenvalue weighted by Gasteiger charge is -2.30. The molecule has 0 amide bonds. The number of aromatic nitrogens is 4. The highest BCUT2D eigenvalue weighted by Gasteiger charge is 2.58. The van der Waals surface area contributed by atoms with Crippen molar-refractivity contribution >= 4 is 10.2 Å². The summed E-state index contributed by atoms with van der Waals surface area (Å²) in [5.41, 5.74) is 0.896. The molecule has 0 radical (unpaired) electrons. The lowest BCUT2D eigenvalue weighted by atomic mass is 9.92. The van der Waals surface area contributed by atoms with Gasteiger partial charge in [-0.2, -0.15) is 22.8 Å². The molecule has 136 valence electrons. The standard InChI is InChI=1S/C15H22N6O3S/c1-10(2)21-12(3-6-17-21)14-18-13(19-24-14)11-9-15(11)4-7-20(8-5-15)25(16,22)23/h3,6,10-11H,4-5,7-9H2,1-2H3,(H2,16,22,23)/t11-/m0/s1. The van der Waals surface area contributed by atoms with Crippen LogP contribution in [0.4, 0.5) is 0 Å². The zero-order valence-corrected chi connectivity index (χ0v) is 15.1. The fourth-order valence-corrected chi connectivity index (χ4v) is 4.52. The van der Waals surface area contributed by atoms with Gasteiger partial charge in [-0.1, -0.05) is 5.16 Å². The van der Waals surface area contributed by atoms with Crippen molar-refractivity contribution in [1.29, 1.82) is 0 Å². The van der Waals surface area contributed by atoms with Gasteiger partial charge in [0.1, 0.15) is 5.69 Å². The monoisotopic (exact) mass is 366 g/mol. The van der Waals surface area contributed by atoms with E-state index in [1.807, 2.05) is 24.6 Å². The van der Waals surface area contributed by atoms with Crippen LogP contribution in [0.25, 0.3) is 11.6 Å². The Kier molecular flexibility index (Phi) is 3.74. The van der Waals surface area contributed by atoms with E-state index in [0.717, 1.165) is 25.0 Å². The Morgan fingerprint density at radius 1 is 1.36 bits per heavy atom. The van der Waals surface area contributed by atoms with Crippen LogP contribution in [-0.2, 0) is 10.2 Å². The second-order valence-corrected chi connectivity index (χ2v) is 8.82. The third-order valence-corrected chi connectivity index (χ3v) is 6.48. The molecule has 1 aliphatic carbocycles. The van der Waals surface area contributed by atoms with Gasteiger partial charge in [-0.25, -0.2) is 5.14 Å². The minimum Gasteiger partial charge on any atom is -0.332 e. The quantitative estimate of drug-likeness (QED) is 0.870. The number of rotatable bonds is 4. The Morgan fingerprint density at radius 3 is 2.72 bits per heavy atom. The van der Waals surface area contributed by atoms with Crippen LogP contribution in [0, 0.1) is 5.41 Å². The summed E-state index contributed by atoms with van der Waals surface area (Å²) in [6, 6.07) is 2.07. The Morgan fingerprint density at radius 2 is 2.08 bits per heavy atom. The molecular weight excluding hydrogens is 344 g/mol. The minimum absolute atomic E-state index is 0.0840. The van der Waals surface area contributed by atoms with Crippen LogP contribution < -0.4 is 5.14 Å². The van der Waals surface area contributed by atoms with E-state index in [9.17, 15) is 8.42 Å². The maximum Gasteiger partial charge on any atom is 0.276 e. The third-order valence-electron chi connectivity index (χ3n) is 5.40. The summed E-state index contributed by atoms with van der Waals surface area (Å²) < 4.78 is 31.6. The van der Waals surface area contributed by atoms with E-state index in [2.05, 4.69) is 15.2 Å². The van der Waals surface area contributed by atoms with E-state index in [1.54, 1.807) is 6.20 Å². The van der Waals surface area contributed by atoms with Crippen LogP contribution in [-0.4, -0.2) is 45.7 Å².